The zero-order chi connectivity index (χ0) is 19.4. The molecule has 6 nitrogen and oxygen atoms in total. The van der Waals surface area contributed by atoms with Gasteiger partial charge in [0, 0.05) is 30.4 Å². The minimum atomic E-state index is -3.46. The quantitative estimate of drug-likeness (QED) is 0.602. The number of carbonyl (C=O) groups excluding carboxylic acids is 1. The van der Waals surface area contributed by atoms with E-state index >= 15 is 0 Å². The maximum absolute atomic E-state index is 12.6. The molecule has 0 aliphatic rings. The molecular formula is C18H21N3O3S3. The molecule has 0 radical (unpaired) electrons. The molecule has 9 heteroatoms. The van der Waals surface area contributed by atoms with Gasteiger partial charge >= 0.3 is 0 Å². The van der Waals surface area contributed by atoms with Gasteiger partial charge in [0.1, 0.15) is 9.09 Å². The molecule has 0 bridgehead atoms. The molecule has 0 saturated carbocycles. The Kier molecular flexibility index (Phi) is 6.15. The maximum atomic E-state index is 12.6. The van der Waals surface area contributed by atoms with Crippen molar-refractivity contribution in [1.29, 1.82) is 0 Å². The SMILES string of the molecule is CCN(CC)S(=O)(=O)c1ccc(CNC(=O)c2sccc2-n2cccc2)s1. The van der Waals surface area contributed by atoms with Crippen molar-refractivity contribution in [2.75, 3.05) is 13.1 Å². The van der Waals surface area contributed by atoms with Gasteiger partial charge in [-0.25, -0.2) is 8.42 Å². The van der Waals surface area contributed by atoms with Gasteiger partial charge in [0.05, 0.1) is 12.2 Å². The highest BCUT2D eigenvalue weighted by Gasteiger charge is 2.23. The van der Waals surface area contributed by atoms with E-state index in [4.69, 9.17) is 0 Å². The third kappa shape index (κ3) is 4.16. The lowest BCUT2D eigenvalue weighted by molar-refractivity contribution is 0.0955. The van der Waals surface area contributed by atoms with E-state index in [2.05, 4.69) is 5.32 Å². The first-order valence-corrected chi connectivity index (χ1v) is 11.7. The number of amides is 1. The van der Waals surface area contributed by atoms with Crippen molar-refractivity contribution in [1.82, 2.24) is 14.2 Å². The molecule has 3 heterocycles. The molecule has 0 aromatic carbocycles. The zero-order valence-electron chi connectivity index (χ0n) is 15.1. The van der Waals surface area contributed by atoms with Crippen LogP contribution >= 0.6 is 22.7 Å². The molecule has 1 amide bonds. The van der Waals surface area contributed by atoms with Crippen molar-refractivity contribution >= 4 is 38.6 Å². The highest BCUT2D eigenvalue weighted by atomic mass is 32.2. The fraction of sp³-hybridized carbons (Fsp3) is 0.278. The molecular weight excluding hydrogens is 402 g/mol. The molecule has 0 unspecified atom stereocenters. The van der Waals surface area contributed by atoms with Crippen LogP contribution in [0, 0.1) is 0 Å². The number of carbonyl (C=O) groups is 1. The van der Waals surface area contributed by atoms with Gasteiger partial charge in [0.2, 0.25) is 0 Å². The zero-order valence-corrected chi connectivity index (χ0v) is 17.5. The monoisotopic (exact) mass is 423 g/mol. The first-order valence-electron chi connectivity index (χ1n) is 8.55. The van der Waals surface area contributed by atoms with E-state index in [0.717, 1.165) is 10.6 Å². The Balaban J connectivity index is 1.69. The summed E-state index contributed by atoms with van der Waals surface area (Å²) in [6.45, 7) is 4.80. The van der Waals surface area contributed by atoms with Gasteiger partial charge in [-0.05, 0) is 35.7 Å². The second-order valence-electron chi connectivity index (χ2n) is 5.72. The van der Waals surface area contributed by atoms with E-state index in [0.29, 0.717) is 28.7 Å². The van der Waals surface area contributed by atoms with Gasteiger partial charge < -0.3 is 9.88 Å². The Morgan fingerprint density at radius 1 is 1.15 bits per heavy atom. The number of aromatic nitrogens is 1. The van der Waals surface area contributed by atoms with E-state index in [1.165, 1.54) is 27.0 Å². The molecule has 3 aromatic rings. The molecule has 1 N–H and O–H groups in total. The molecule has 0 spiro atoms. The fourth-order valence-electron chi connectivity index (χ4n) is 2.70. The van der Waals surface area contributed by atoms with Crippen LogP contribution in [0.5, 0.6) is 0 Å². The fourth-order valence-corrected chi connectivity index (χ4v) is 6.42. The minimum Gasteiger partial charge on any atom is -0.346 e. The summed E-state index contributed by atoms with van der Waals surface area (Å²) in [5, 5.41) is 4.76. The highest BCUT2D eigenvalue weighted by Crippen LogP contribution is 2.25. The van der Waals surface area contributed by atoms with Crippen LogP contribution in [0.25, 0.3) is 5.69 Å². The van der Waals surface area contributed by atoms with Crippen LogP contribution in [0.1, 0.15) is 28.4 Å². The predicted molar refractivity (Wildman–Crippen MR) is 109 cm³/mol. The van der Waals surface area contributed by atoms with Crippen LogP contribution in [-0.2, 0) is 16.6 Å². The first-order chi connectivity index (χ1) is 13.0. The number of sulfonamides is 1. The summed E-state index contributed by atoms with van der Waals surface area (Å²) in [4.78, 5) is 14.0. The van der Waals surface area contributed by atoms with Crippen molar-refractivity contribution in [3.63, 3.8) is 0 Å². The Labute approximate surface area is 167 Å². The van der Waals surface area contributed by atoms with Crippen molar-refractivity contribution in [3.8, 4) is 5.69 Å². The van der Waals surface area contributed by atoms with E-state index < -0.39 is 10.0 Å². The summed E-state index contributed by atoms with van der Waals surface area (Å²) in [6.07, 6.45) is 3.78. The van der Waals surface area contributed by atoms with E-state index in [-0.39, 0.29) is 5.91 Å². The number of hydrogen-bond acceptors (Lipinski definition) is 5. The average Bonchev–Trinajstić information content (AvgIpc) is 3.41. The van der Waals surface area contributed by atoms with Crippen molar-refractivity contribution in [2.24, 2.45) is 0 Å². The Bertz CT molecular complexity index is 1000. The van der Waals surface area contributed by atoms with Gasteiger partial charge in [0.25, 0.3) is 15.9 Å². The summed E-state index contributed by atoms with van der Waals surface area (Å²) < 4.78 is 28.7. The Hall–Kier alpha value is -1.94. The molecule has 0 saturated heterocycles. The molecule has 0 fully saturated rings. The molecule has 0 aliphatic carbocycles. The third-order valence-electron chi connectivity index (χ3n) is 4.09. The van der Waals surface area contributed by atoms with Crippen LogP contribution < -0.4 is 5.32 Å². The van der Waals surface area contributed by atoms with Gasteiger partial charge in [-0.3, -0.25) is 4.79 Å². The van der Waals surface area contributed by atoms with Crippen LogP contribution in [0.15, 0.2) is 52.3 Å². The van der Waals surface area contributed by atoms with Crippen molar-refractivity contribution in [3.05, 3.63) is 57.9 Å². The molecule has 3 aromatic heterocycles. The highest BCUT2D eigenvalue weighted by molar-refractivity contribution is 7.91. The molecule has 0 atom stereocenters. The number of nitrogens with zero attached hydrogens (tertiary/aromatic N) is 2. The smallest absolute Gasteiger partial charge is 0.263 e. The van der Waals surface area contributed by atoms with Crippen LogP contribution in [0.3, 0.4) is 0 Å². The normalized spacial score (nSPS) is 11.8. The second-order valence-corrected chi connectivity index (χ2v) is 9.97. The molecule has 0 aliphatic heterocycles. The third-order valence-corrected chi connectivity index (χ3v) is 8.60. The molecule has 27 heavy (non-hydrogen) atoms. The van der Waals surface area contributed by atoms with Crippen LogP contribution in [0.4, 0.5) is 0 Å². The standard InChI is InChI=1S/C18H21N3O3S3/c1-3-21(4-2)27(23,24)16-8-7-14(26-16)13-19-18(22)17-15(9-12-25-17)20-10-5-6-11-20/h5-12H,3-4,13H2,1-2H3,(H,19,22). The van der Waals surface area contributed by atoms with Gasteiger partial charge in [-0.2, -0.15) is 4.31 Å². The number of rotatable bonds is 8. The Morgan fingerprint density at radius 3 is 2.52 bits per heavy atom. The van der Waals surface area contributed by atoms with Crippen molar-refractivity contribution in [2.45, 2.75) is 24.6 Å². The van der Waals surface area contributed by atoms with E-state index in [1.807, 2.05) is 54.4 Å². The van der Waals surface area contributed by atoms with Crippen LogP contribution in [-0.4, -0.2) is 36.3 Å². The van der Waals surface area contributed by atoms with Gasteiger partial charge in [-0.15, -0.1) is 22.7 Å². The number of thiophene rings is 2. The topological polar surface area (TPSA) is 71.4 Å². The van der Waals surface area contributed by atoms with E-state index in [1.54, 1.807) is 12.1 Å². The number of hydrogen-bond donors (Lipinski definition) is 1. The second kappa shape index (κ2) is 8.39. The summed E-state index contributed by atoms with van der Waals surface area (Å²) in [5.41, 5.74) is 0.832. The average molecular weight is 424 g/mol. The first kappa shape index (κ1) is 19.8. The summed E-state index contributed by atoms with van der Waals surface area (Å²) in [5.74, 6) is -0.171. The minimum absolute atomic E-state index is 0.171. The number of nitrogens with one attached hydrogen (secondary N) is 1. The molecule has 144 valence electrons. The van der Waals surface area contributed by atoms with Crippen LogP contribution in [0.2, 0.25) is 0 Å². The van der Waals surface area contributed by atoms with E-state index in [9.17, 15) is 13.2 Å². The lowest BCUT2D eigenvalue weighted by Crippen LogP contribution is -2.30. The largest absolute Gasteiger partial charge is 0.346 e. The summed E-state index contributed by atoms with van der Waals surface area (Å²) in [7, 11) is -3.46. The lowest BCUT2D eigenvalue weighted by Gasteiger charge is -2.16. The van der Waals surface area contributed by atoms with Gasteiger partial charge in [0.15, 0.2) is 0 Å². The predicted octanol–water partition coefficient (Wildman–Crippen LogP) is 3.56. The lowest BCUT2D eigenvalue weighted by atomic mass is 10.3. The van der Waals surface area contributed by atoms with Gasteiger partial charge in [-0.1, -0.05) is 13.8 Å². The molecule has 3 rings (SSSR count). The summed E-state index contributed by atoms with van der Waals surface area (Å²) >= 11 is 2.57. The maximum Gasteiger partial charge on any atom is 0.263 e. The summed E-state index contributed by atoms with van der Waals surface area (Å²) in [6, 6.07) is 9.07. The Morgan fingerprint density at radius 2 is 1.85 bits per heavy atom. The van der Waals surface area contributed by atoms with Crippen molar-refractivity contribution < 1.29 is 13.2 Å².